The standard InChI is InChI=1S/C28H34N2O6/c1-6-19-16-28(19,25(32)34-7-2)29-24(31)22-15-20(17-30(22)26(33)36-27(3,4)5)35-23-14-10-12-18-11-8-9-13-21(18)23/h6,8-14,19-20,22H,1,7,15-17H2,2-5H3,(H,29,31)/t19-,20-,22+,28-/m1/s1. The number of nitrogens with one attached hydrogen (secondary N) is 1. The number of benzene rings is 2. The maximum absolute atomic E-state index is 13.5. The van der Waals surface area contributed by atoms with E-state index in [-0.39, 0.29) is 25.5 Å². The van der Waals surface area contributed by atoms with Gasteiger partial charge in [0.2, 0.25) is 5.91 Å². The maximum Gasteiger partial charge on any atom is 0.411 e. The molecule has 2 amide bonds. The lowest BCUT2D eigenvalue weighted by molar-refractivity contribution is -0.149. The fourth-order valence-corrected chi connectivity index (χ4v) is 4.70. The van der Waals surface area contributed by atoms with Crippen LogP contribution in [-0.2, 0) is 19.1 Å². The van der Waals surface area contributed by atoms with Gasteiger partial charge in [0.15, 0.2) is 0 Å². The molecule has 8 heteroatoms. The normalized spacial score (nSPS) is 25.2. The van der Waals surface area contributed by atoms with Crippen LogP contribution in [0.2, 0.25) is 0 Å². The molecule has 1 N–H and O–H groups in total. The molecule has 4 atom stereocenters. The molecule has 4 rings (SSSR count). The van der Waals surface area contributed by atoms with Gasteiger partial charge in [0.1, 0.15) is 29.0 Å². The summed E-state index contributed by atoms with van der Waals surface area (Å²) in [5, 5.41) is 4.85. The quantitative estimate of drug-likeness (QED) is 0.458. The van der Waals surface area contributed by atoms with Crippen molar-refractivity contribution in [1.82, 2.24) is 10.2 Å². The van der Waals surface area contributed by atoms with Crippen LogP contribution in [0.3, 0.4) is 0 Å². The van der Waals surface area contributed by atoms with E-state index in [0.717, 1.165) is 10.8 Å². The van der Waals surface area contributed by atoms with Gasteiger partial charge in [-0.1, -0.05) is 42.5 Å². The molecule has 36 heavy (non-hydrogen) atoms. The molecule has 1 saturated carbocycles. The van der Waals surface area contributed by atoms with Gasteiger partial charge in [-0.2, -0.15) is 0 Å². The molecule has 0 unspecified atom stereocenters. The summed E-state index contributed by atoms with van der Waals surface area (Å²) in [5.74, 6) is -0.476. The van der Waals surface area contributed by atoms with E-state index >= 15 is 0 Å². The van der Waals surface area contributed by atoms with Gasteiger partial charge in [0, 0.05) is 17.7 Å². The number of ether oxygens (including phenoxy) is 3. The van der Waals surface area contributed by atoms with Gasteiger partial charge in [0.05, 0.1) is 13.2 Å². The van der Waals surface area contributed by atoms with E-state index in [0.29, 0.717) is 12.2 Å². The summed E-state index contributed by atoms with van der Waals surface area (Å²) in [6, 6.07) is 12.8. The van der Waals surface area contributed by atoms with Crippen molar-refractivity contribution in [2.24, 2.45) is 5.92 Å². The molecule has 2 aromatic rings. The molecule has 0 aromatic heterocycles. The summed E-state index contributed by atoms with van der Waals surface area (Å²) < 4.78 is 17.1. The first-order valence-corrected chi connectivity index (χ1v) is 12.3. The minimum absolute atomic E-state index is 0.174. The van der Waals surface area contributed by atoms with Crippen LogP contribution >= 0.6 is 0 Å². The Morgan fingerprint density at radius 3 is 2.56 bits per heavy atom. The van der Waals surface area contributed by atoms with Crippen molar-refractivity contribution in [2.75, 3.05) is 13.2 Å². The minimum atomic E-state index is -1.15. The van der Waals surface area contributed by atoms with E-state index in [4.69, 9.17) is 14.2 Å². The van der Waals surface area contributed by atoms with Gasteiger partial charge >= 0.3 is 12.1 Å². The highest BCUT2D eigenvalue weighted by Crippen LogP contribution is 2.45. The zero-order valence-electron chi connectivity index (χ0n) is 21.3. The molecule has 2 aromatic carbocycles. The fraction of sp³-hybridized carbons (Fsp3) is 0.464. The number of esters is 1. The van der Waals surface area contributed by atoms with Crippen molar-refractivity contribution in [1.29, 1.82) is 0 Å². The number of rotatable bonds is 7. The van der Waals surface area contributed by atoms with E-state index in [1.165, 1.54) is 4.90 Å². The Hall–Kier alpha value is -3.55. The number of likely N-dealkylation sites (tertiary alicyclic amines) is 1. The molecule has 2 fully saturated rings. The number of hydrogen-bond acceptors (Lipinski definition) is 6. The Bertz CT molecular complexity index is 1170. The van der Waals surface area contributed by atoms with Crippen molar-refractivity contribution in [3.8, 4) is 5.75 Å². The van der Waals surface area contributed by atoms with E-state index in [9.17, 15) is 14.4 Å². The van der Waals surface area contributed by atoms with E-state index in [1.807, 2.05) is 42.5 Å². The number of hydrogen-bond donors (Lipinski definition) is 1. The summed E-state index contributed by atoms with van der Waals surface area (Å²) in [7, 11) is 0. The third-order valence-corrected chi connectivity index (χ3v) is 6.52. The Balaban J connectivity index is 1.57. The molecule has 0 radical (unpaired) electrons. The van der Waals surface area contributed by atoms with Crippen LogP contribution in [0.5, 0.6) is 5.75 Å². The second-order valence-corrected chi connectivity index (χ2v) is 10.3. The lowest BCUT2D eigenvalue weighted by Crippen LogP contribution is -2.53. The first-order valence-electron chi connectivity index (χ1n) is 12.3. The number of amides is 2. The largest absolute Gasteiger partial charge is 0.488 e. The zero-order valence-corrected chi connectivity index (χ0v) is 21.3. The average molecular weight is 495 g/mol. The lowest BCUT2D eigenvalue weighted by atomic mass is 10.1. The minimum Gasteiger partial charge on any atom is -0.488 e. The molecule has 8 nitrogen and oxygen atoms in total. The molecule has 1 aliphatic carbocycles. The van der Waals surface area contributed by atoms with Crippen LogP contribution < -0.4 is 10.1 Å². The van der Waals surface area contributed by atoms with E-state index in [1.54, 1.807) is 33.8 Å². The molecule has 1 aliphatic heterocycles. The van der Waals surface area contributed by atoms with Crippen molar-refractivity contribution < 1.29 is 28.6 Å². The number of nitrogens with zero attached hydrogens (tertiary/aromatic N) is 1. The zero-order chi connectivity index (χ0) is 26.1. The predicted octanol–water partition coefficient (Wildman–Crippen LogP) is 4.22. The Morgan fingerprint density at radius 2 is 1.89 bits per heavy atom. The van der Waals surface area contributed by atoms with Gasteiger partial charge in [-0.25, -0.2) is 9.59 Å². The maximum atomic E-state index is 13.5. The fourth-order valence-electron chi connectivity index (χ4n) is 4.70. The van der Waals surface area contributed by atoms with E-state index < -0.39 is 41.3 Å². The Labute approximate surface area is 211 Å². The molecule has 1 saturated heterocycles. The van der Waals surface area contributed by atoms with Gasteiger partial charge in [-0.15, -0.1) is 6.58 Å². The van der Waals surface area contributed by atoms with Crippen molar-refractivity contribution in [2.45, 2.75) is 63.8 Å². The number of fused-ring (bicyclic) bond motifs is 1. The highest BCUT2D eigenvalue weighted by molar-refractivity contribution is 5.95. The lowest BCUT2D eigenvalue weighted by Gasteiger charge is -2.28. The van der Waals surface area contributed by atoms with Gasteiger partial charge in [-0.05, 0) is 45.6 Å². The molecule has 2 aliphatic rings. The van der Waals surface area contributed by atoms with Crippen LogP contribution in [0, 0.1) is 5.92 Å². The van der Waals surface area contributed by atoms with E-state index in [2.05, 4.69) is 11.9 Å². The summed E-state index contributed by atoms with van der Waals surface area (Å²) in [6.45, 7) is 11.2. The monoisotopic (exact) mass is 494 g/mol. The topological polar surface area (TPSA) is 94.2 Å². The predicted molar refractivity (Wildman–Crippen MR) is 136 cm³/mol. The Morgan fingerprint density at radius 1 is 1.17 bits per heavy atom. The van der Waals surface area contributed by atoms with Crippen molar-refractivity contribution >= 4 is 28.7 Å². The third kappa shape index (κ3) is 5.17. The Kier molecular flexibility index (Phi) is 6.98. The van der Waals surface area contributed by atoms with Crippen molar-refractivity contribution in [3.05, 3.63) is 55.1 Å². The second-order valence-electron chi connectivity index (χ2n) is 10.3. The molecule has 0 bridgehead atoms. The first-order chi connectivity index (χ1) is 17.1. The van der Waals surface area contributed by atoms with Crippen LogP contribution in [-0.4, -0.2) is 59.3 Å². The molecular formula is C28H34N2O6. The van der Waals surface area contributed by atoms with Gasteiger partial charge in [-0.3, -0.25) is 9.69 Å². The van der Waals surface area contributed by atoms with Crippen LogP contribution in [0.15, 0.2) is 55.1 Å². The van der Waals surface area contributed by atoms with Crippen LogP contribution in [0.4, 0.5) is 4.79 Å². The molecule has 0 spiro atoms. The highest BCUT2D eigenvalue weighted by atomic mass is 16.6. The smallest absolute Gasteiger partial charge is 0.411 e. The summed E-state index contributed by atoms with van der Waals surface area (Å²) >= 11 is 0. The number of carbonyl (C=O) groups is 3. The molecule has 192 valence electrons. The van der Waals surface area contributed by atoms with Gasteiger partial charge < -0.3 is 19.5 Å². The first kappa shape index (κ1) is 25.5. The van der Waals surface area contributed by atoms with Crippen molar-refractivity contribution in [3.63, 3.8) is 0 Å². The second kappa shape index (κ2) is 9.84. The third-order valence-electron chi connectivity index (χ3n) is 6.52. The summed E-state index contributed by atoms with van der Waals surface area (Å²) in [6.07, 6.45) is 1.27. The molecular weight excluding hydrogens is 460 g/mol. The SMILES string of the molecule is C=C[C@@H]1C[C@]1(NC(=O)[C@@H]1C[C@@H](Oc2cccc3ccccc23)CN1C(=O)OC(C)(C)C)C(=O)OCC. The highest BCUT2D eigenvalue weighted by Gasteiger charge is 2.62. The average Bonchev–Trinajstić information content (AvgIpc) is 3.37. The molecule has 1 heterocycles. The van der Waals surface area contributed by atoms with Crippen LogP contribution in [0.25, 0.3) is 10.8 Å². The summed E-state index contributed by atoms with van der Waals surface area (Å²) in [5.41, 5.74) is -1.88. The van der Waals surface area contributed by atoms with Crippen LogP contribution in [0.1, 0.15) is 40.5 Å². The summed E-state index contributed by atoms with van der Waals surface area (Å²) in [4.78, 5) is 40.6. The number of carbonyl (C=O) groups excluding carboxylic acids is 3. The van der Waals surface area contributed by atoms with Gasteiger partial charge in [0.25, 0.3) is 0 Å².